The number of rotatable bonds is 11. The molecule has 0 radical (unpaired) electrons. The third-order valence-electron chi connectivity index (χ3n) is 5.05. The van der Waals surface area contributed by atoms with Crippen LogP contribution in [0.4, 0.5) is 0 Å². The Hall–Kier alpha value is -3.10. The van der Waals surface area contributed by atoms with Crippen molar-refractivity contribution in [3.05, 3.63) is 78.4 Å². The first kappa shape index (κ1) is 23.1. The van der Waals surface area contributed by atoms with Crippen LogP contribution in [-0.2, 0) is 21.1 Å². The smallest absolute Gasteiger partial charge is 0.148 e. The molecule has 0 spiro atoms. The number of hydrogen-bond acceptors (Lipinski definition) is 7. The molecule has 0 aliphatic rings. The van der Waals surface area contributed by atoms with Crippen LogP contribution in [0.1, 0.15) is 12.0 Å². The highest BCUT2D eigenvalue weighted by Crippen LogP contribution is 2.31. The van der Waals surface area contributed by atoms with Gasteiger partial charge in [0.2, 0.25) is 0 Å². The molecule has 0 aliphatic heterocycles. The summed E-state index contributed by atoms with van der Waals surface area (Å²) < 4.78 is 10.8. The van der Waals surface area contributed by atoms with Crippen molar-refractivity contribution in [2.45, 2.75) is 13.0 Å². The molecule has 6 nitrogen and oxygen atoms in total. The Labute approximate surface area is 197 Å². The van der Waals surface area contributed by atoms with Crippen LogP contribution in [0.2, 0.25) is 0 Å². The van der Waals surface area contributed by atoms with E-state index in [1.54, 1.807) is 18.4 Å². The van der Waals surface area contributed by atoms with Crippen LogP contribution in [0.25, 0.3) is 32.3 Å². The standard InChI is InChI=1S/C26H26N2O4S/c1-29-16-3-17-31-24-14-12-21(13-15-24)20-8-10-23(11-9-20)26-28-27-25(33-26)22-6-4-19(5-7-22)18-32-30-2/h4-15H,3,16-18H2,1-2H3. The van der Waals surface area contributed by atoms with Crippen molar-refractivity contribution < 1.29 is 19.2 Å². The van der Waals surface area contributed by atoms with E-state index in [-0.39, 0.29) is 0 Å². The minimum absolute atomic E-state index is 0.411. The van der Waals surface area contributed by atoms with Gasteiger partial charge < -0.3 is 9.47 Å². The van der Waals surface area contributed by atoms with E-state index in [0.29, 0.717) is 19.8 Å². The minimum Gasteiger partial charge on any atom is -0.494 e. The number of aromatic nitrogens is 2. The van der Waals surface area contributed by atoms with Gasteiger partial charge >= 0.3 is 0 Å². The van der Waals surface area contributed by atoms with Gasteiger partial charge in [0, 0.05) is 31.3 Å². The first-order valence-electron chi connectivity index (χ1n) is 10.7. The average molecular weight is 463 g/mol. The van der Waals surface area contributed by atoms with E-state index in [2.05, 4.69) is 51.5 Å². The van der Waals surface area contributed by atoms with Crippen molar-refractivity contribution in [2.24, 2.45) is 0 Å². The van der Waals surface area contributed by atoms with Gasteiger partial charge in [-0.1, -0.05) is 72.0 Å². The maximum atomic E-state index is 5.73. The summed E-state index contributed by atoms with van der Waals surface area (Å²) in [6.45, 7) is 1.77. The number of benzene rings is 3. The third-order valence-corrected chi connectivity index (χ3v) is 6.07. The molecule has 7 heteroatoms. The molecule has 0 aliphatic carbocycles. The molecule has 4 aromatic rings. The maximum absolute atomic E-state index is 5.73. The van der Waals surface area contributed by atoms with Gasteiger partial charge in [0.05, 0.1) is 13.7 Å². The summed E-state index contributed by atoms with van der Waals surface area (Å²) >= 11 is 1.57. The van der Waals surface area contributed by atoms with Crippen LogP contribution >= 0.6 is 11.3 Å². The lowest BCUT2D eigenvalue weighted by molar-refractivity contribution is -0.282. The normalized spacial score (nSPS) is 11.0. The van der Waals surface area contributed by atoms with E-state index in [4.69, 9.17) is 14.4 Å². The first-order valence-corrected chi connectivity index (χ1v) is 11.5. The molecule has 0 bridgehead atoms. The molecule has 0 N–H and O–H groups in total. The summed E-state index contributed by atoms with van der Waals surface area (Å²) in [5.41, 5.74) is 5.39. The van der Waals surface area contributed by atoms with E-state index in [1.165, 1.54) is 7.11 Å². The fraction of sp³-hybridized carbons (Fsp3) is 0.231. The van der Waals surface area contributed by atoms with Gasteiger partial charge in [0.15, 0.2) is 0 Å². The quantitative estimate of drug-likeness (QED) is 0.154. The predicted octanol–water partition coefficient (Wildman–Crippen LogP) is 6.03. The zero-order valence-corrected chi connectivity index (χ0v) is 19.5. The van der Waals surface area contributed by atoms with Crippen LogP contribution in [-0.4, -0.2) is 37.6 Å². The average Bonchev–Trinajstić information content (AvgIpc) is 3.37. The third kappa shape index (κ3) is 6.24. The zero-order valence-electron chi connectivity index (χ0n) is 18.7. The van der Waals surface area contributed by atoms with Crippen molar-refractivity contribution in [1.29, 1.82) is 0 Å². The highest BCUT2D eigenvalue weighted by molar-refractivity contribution is 7.17. The number of nitrogens with zero attached hydrogens (tertiary/aromatic N) is 2. The molecule has 33 heavy (non-hydrogen) atoms. The molecule has 0 saturated heterocycles. The number of methoxy groups -OCH3 is 1. The lowest BCUT2D eigenvalue weighted by atomic mass is 10.0. The summed E-state index contributed by atoms with van der Waals surface area (Å²) in [5.74, 6) is 0.868. The lowest BCUT2D eigenvalue weighted by Crippen LogP contribution is -2.01. The van der Waals surface area contributed by atoms with Crippen molar-refractivity contribution in [3.63, 3.8) is 0 Å². The van der Waals surface area contributed by atoms with Crippen LogP contribution in [0, 0.1) is 0 Å². The maximum Gasteiger partial charge on any atom is 0.148 e. The molecule has 1 heterocycles. The van der Waals surface area contributed by atoms with Crippen molar-refractivity contribution >= 4 is 11.3 Å². The fourth-order valence-electron chi connectivity index (χ4n) is 3.27. The molecular weight excluding hydrogens is 436 g/mol. The van der Waals surface area contributed by atoms with E-state index < -0.39 is 0 Å². The van der Waals surface area contributed by atoms with Gasteiger partial charge in [-0.15, -0.1) is 10.2 Å². The van der Waals surface area contributed by atoms with Crippen LogP contribution in [0.5, 0.6) is 5.75 Å². The molecule has 0 fully saturated rings. The van der Waals surface area contributed by atoms with Crippen LogP contribution in [0.3, 0.4) is 0 Å². The summed E-state index contributed by atoms with van der Waals surface area (Å²) in [5, 5.41) is 10.5. The molecule has 0 unspecified atom stereocenters. The molecular formula is C26H26N2O4S. The van der Waals surface area contributed by atoms with Crippen molar-refractivity contribution in [1.82, 2.24) is 10.2 Å². The highest BCUT2D eigenvalue weighted by atomic mass is 32.1. The van der Waals surface area contributed by atoms with Gasteiger partial charge in [-0.2, -0.15) is 0 Å². The largest absolute Gasteiger partial charge is 0.494 e. The summed E-state index contributed by atoms with van der Waals surface area (Å²) in [7, 11) is 3.20. The fourth-order valence-corrected chi connectivity index (χ4v) is 4.12. The Bertz CT molecular complexity index is 1130. The van der Waals surface area contributed by atoms with Gasteiger partial charge in [0.1, 0.15) is 22.4 Å². The molecule has 0 amide bonds. The Morgan fingerprint density at radius 1 is 0.667 bits per heavy atom. The molecule has 1 aromatic heterocycles. The summed E-state index contributed by atoms with van der Waals surface area (Å²) in [6, 6.07) is 24.6. The Morgan fingerprint density at radius 2 is 1.21 bits per heavy atom. The second-order valence-corrected chi connectivity index (χ2v) is 8.31. The summed E-state index contributed by atoms with van der Waals surface area (Å²) in [6.07, 6.45) is 0.877. The predicted molar refractivity (Wildman–Crippen MR) is 130 cm³/mol. The van der Waals surface area contributed by atoms with Crippen LogP contribution in [0.15, 0.2) is 72.8 Å². The molecule has 4 rings (SSSR count). The molecule has 3 aromatic carbocycles. The Balaban J connectivity index is 1.40. The summed E-state index contributed by atoms with van der Waals surface area (Å²) in [4.78, 5) is 9.61. The Morgan fingerprint density at radius 3 is 1.79 bits per heavy atom. The van der Waals surface area contributed by atoms with E-state index in [0.717, 1.165) is 50.0 Å². The van der Waals surface area contributed by atoms with E-state index in [1.807, 2.05) is 36.4 Å². The van der Waals surface area contributed by atoms with E-state index >= 15 is 0 Å². The monoisotopic (exact) mass is 462 g/mol. The van der Waals surface area contributed by atoms with E-state index in [9.17, 15) is 0 Å². The SMILES string of the molecule is COCCCOc1ccc(-c2ccc(-c3nnc(-c4ccc(COOC)cc4)s3)cc2)cc1. The second-order valence-electron chi connectivity index (χ2n) is 7.33. The van der Waals surface area contributed by atoms with Gasteiger partial charge in [-0.25, -0.2) is 9.78 Å². The first-order chi connectivity index (χ1) is 16.3. The van der Waals surface area contributed by atoms with Gasteiger partial charge in [0.25, 0.3) is 0 Å². The topological polar surface area (TPSA) is 62.7 Å². The molecule has 0 atom stereocenters. The highest BCUT2D eigenvalue weighted by Gasteiger charge is 2.09. The van der Waals surface area contributed by atoms with Crippen molar-refractivity contribution in [2.75, 3.05) is 27.4 Å². The zero-order chi connectivity index (χ0) is 22.9. The Kier molecular flexibility index (Phi) is 8.16. The van der Waals surface area contributed by atoms with Crippen molar-refractivity contribution in [3.8, 4) is 38.0 Å². The minimum atomic E-state index is 0.411. The lowest BCUT2D eigenvalue weighted by Gasteiger charge is -2.07. The van der Waals surface area contributed by atoms with Crippen LogP contribution < -0.4 is 4.74 Å². The van der Waals surface area contributed by atoms with Gasteiger partial charge in [-0.05, 0) is 28.8 Å². The number of ether oxygens (including phenoxy) is 2. The number of hydrogen-bond donors (Lipinski definition) is 0. The molecule has 0 saturated carbocycles. The molecule has 170 valence electrons. The second kappa shape index (κ2) is 11.7. The van der Waals surface area contributed by atoms with Gasteiger partial charge in [-0.3, -0.25) is 0 Å².